The van der Waals surface area contributed by atoms with E-state index in [9.17, 15) is 0 Å². The number of nitrogens with one attached hydrogen (secondary N) is 1. The van der Waals surface area contributed by atoms with Crippen molar-refractivity contribution in [3.63, 3.8) is 0 Å². The first-order valence-corrected chi connectivity index (χ1v) is 6.32. The zero-order chi connectivity index (χ0) is 12.1. The van der Waals surface area contributed by atoms with Crippen molar-refractivity contribution < 1.29 is 0 Å². The summed E-state index contributed by atoms with van der Waals surface area (Å²) >= 11 is 5.62. The Balaban J connectivity index is 1.99. The van der Waals surface area contributed by atoms with Crippen molar-refractivity contribution in [3.05, 3.63) is 18.2 Å². The SMILES string of the molecule is Cc1nnc2c(NCCCCCCl)nccn12. The van der Waals surface area contributed by atoms with Crippen LogP contribution in [-0.2, 0) is 0 Å². The lowest BCUT2D eigenvalue weighted by molar-refractivity contribution is 0.746. The topological polar surface area (TPSA) is 55.1 Å². The first kappa shape index (κ1) is 12.1. The van der Waals surface area contributed by atoms with Crippen LogP contribution in [0.25, 0.3) is 5.65 Å². The fourth-order valence-electron chi connectivity index (χ4n) is 1.67. The third kappa shape index (κ3) is 2.85. The zero-order valence-electron chi connectivity index (χ0n) is 9.86. The van der Waals surface area contributed by atoms with E-state index in [-0.39, 0.29) is 0 Å². The van der Waals surface area contributed by atoms with Gasteiger partial charge in [0.1, 0.15) is 5.82 Å². The number of fused-ring (bicyclic) bond motifs is 1. The van der Waals surface area contributed by atoms with E-state index >= 15 is 0 Å². The molecule has 0 saturated heterocycles. The summed E-state index contributed by atoms with van der Waals surface area (Å²) < 4.78 is 1.92. The lowest BCUT2D eigenvalue weighted by Crippen LogP contribution is -2.05. The maximum Gasteiger partial charge on any atom is 0.203 e. The second-order valence-corrected chi connectivity index (χ2v) is 4.27. The molecule has 2 aromatic rings. The molecule has 0 atom stereocenters. The molecule has 1 N–H and O–H groups in total. The number of rotatable bonds is 6. The van der Waals surface area contributed by atoms with Crippen LogP contribution in [0.2, 0.25) is 0 Å². The van der Waals surface area contributed by atoms with E-state index in [1.807, 2.05) is 17.5 Å². The Morgan fingerprint density at radius 1 is 1.29 bits per heavy atom. The summed E-state index contributed by atoms with van der Waals surface area (Å²) in [6.07, 6.45) is 6.90. The van der Waals surface area contributed by atoms with E-state index < -0.39 is 0 Å². The van der Waals surface area contributed by atoms with Gasteiger partial charge in [-0.25, -0.2) is 4.98 Å². The Kier molecular flexibility index (Phi) is 4.14. The van der Waals surface area contributed by atoms with Crippen molar-refractivity contribution in [2.45, 2.75) is 26.2 Å². The Morgan fingerprint density at radius 3 is 3.00 bits per heavy atom. The first-order valence-electron chi connectivity index (χ1n) is 5.79. The molecule has 92 valence electrons. The fourth-order valence-corrected chi connectivity index (χ4v) is 1.86. The Labute approximate surface area is 105 Å². The number of hydrogen-bond donors (Lipinski definition) is 1. The van der Waals surface area contributed by atoms with Gasteiger partial charge in [-0.15, -0.1) is 21.8 Å². The monoisotopic (exact) mass is 253 g/mol. The largest absolute Gasteiger partial charge is 0.367 e. The first-order chi connectivity index (χ1) is 8.33. The fraction of sp³-hybridized carbons (Fsp3) is 0.545. The Morgan fingerprint density at radius 2 is 2.18 bits per heavy atom. The average Bonchev–Trinajstić information content (AvgIpc) is 2.72. The van der Waals surface area contributed by atoms with Crippen LogP contribution in [0.15, 0.2) is 12.4 Å². The van der Waals surface area contributed by atoms with Gasteiger partial charge >= 0.3 is 0 Å². The van der Waals surface area contributed by atoms with E-state index in [1.165, 1.54) is 0 Å². The summed E-state index contributed by atoms with van der Waals surface area (Å²) in [5, 5.41) is 11.4. The third-order valence-electron chi connectivity index (χ3n) is 2.60. The van der Waals surface area contributed by atoms with Crippen molar-refractivity contribution >= 4 is 23.1 Å². The minimum absolute atomic E-state index is 0.733. The number of unbranched alkanes of at least 4 members (excludes halogenated alkanes) is 2. The van der Waals surface area contributed by atoms with E-state index in [4.69, 9.17) is 11.6 Å². The van der Waals surface area contributed by atoms with E-state index in [0.29, 0.717) is 0 Å². The van der Waals surface area contributed by atoms with Crippen molar-refractivity contribution in [2.75, 3.05) is 17.7 Å². The van der Waals surface area contributed by atoms with Gasteiger partial charge in [-0.1, -0.05) is 6.42 Å². The second-order valence-electron chi connectivity index (χ2n) is 3.89. The summed E-state index contributed by atoms with van der Waals surface area (Å²) in [7, 11) is 0. The highest BCUT2D eigenvalue weighted by Gasteiger charge is 2.06. The molecule has 0 fully saturated rings. The molecular formula is C11H16ClN5. The molecule has 0 amide bonds. The van der Waals surface area contributed by atoms with Gasteiger partial charge in [0, 0.05) is 24.8 Å². The lowest BCUT2D eigenvalue weighted by atomic mass is 10.2. The molecule has 0 bridgehead atoms. The van der Waals surface area contributed by atoms with Crippen LogP contribution >= 0.6 is 11.6 Å². The highest BCUT2D eigenvalue weighted by atomic mass is 35.5. The van der Waals surface area contributed by atoms with Crippen LogP contribution < -0.4 is 5.32 Å². The number of nitrogens with zero attached hydrogens (tertiary/aromatic N) is 4. The summed E-state index contributed by atoms with van der Waals surface area (Å²) in [5.41, 5.74) is 0.780. The second kappa shape index (κ2) is 5.82. The normalized spacial score (nSPS) is 10.9. The van der Waals surface area contributed by atoms with E-state index in [2.05, 4.69) is 20.5 Å². The van der Waals surface area contributed by atoms with Crippen LogP contribution in [0.5, 0.6) is 0 Å². The van der Waals surface area contributed by atoms with Crippen molar-refractivity contribution in [3.8, 4) is 0 Å². The molecule has 0 unspecified atom stereocenters. The van der Waals surface area contributed by atoms with Gasteiger partial charge in [-0.2, -0.15) is 0 Å². The molecule has 0 aromatic carbocycles. The van der Waals surface area contributed by atoms with Gasteiger partial charge in [0.2, 0.25) is 5.65 Å². The Hall–Kier alpha value is -1.36. The van der Waals surface area contributed by atoms with Crippen LogP contribution in [0.4, 0.5) is 5.82 Å². The van der Waals surface area contributed by atoms with Crippen molar-refractivity contribution in [1.29, 1.82) is 0 Å². The highest BCUT2D eigenvalue weighted by molar-refractivity contribution is 6.17. The molecule has 0 aliphatic heterocycles. The summed E-state index contributed by atoms with van der Waals surface area (Å²) in [6.45, 7) is 2.81. The van der Waals surface area contributed by atoms with Gasteiger partial charge < -0.3 is 5.32 Å². The molecule has 6 heteroatoms. The van der Waals surface area contributed by atoms with Crippen molar-refractivity contribution in [1.82, 2.24) is 19.6 Å². The molecular weight excluding hydrogens is 238 g/mol. The van der Waals surface area contributed by atoms with Gasteiger partial charge in [0.05, 0.1) is 0 Å². The summed E-state index contributed by atoms with van der Waals surface area (Å²) in [6, 6.07) is 0. The maximum atomic E-state index is 5.62. The molecule has 0 aliphatic carbocycles. The molecule has 2 aromatic heterocycles. The number of aryl methyl sites for hydroxylation is 1. The zero-order valence-corrected chi connectivity index (χ0v) is 10.6. The summed E-state index contributed by atoms with van der Waals surface area (Å²) in [4.78, 5) is 4.28. The number of aromatic nitrogens is 4. The molecule has 17 heavy (non-hydrogen) atoms. The van der Waals surface area contributed by atoms with Gasteiger partial charge in [0.25, 0.3) is 0 Å². The molecule has 2 heterocycles. The molecule has 0 radical (unpaired) electrons. The summed E-state index contributed by atoms with van der Waals surface area (Å²) in [5.74, 6) is 2.39. The van der Waals surface area contributed by atoms with E-state index in [0.717, 1.165) is 49.0 Å². The molecule has 0 saturated carbocycles. The van der Waals surface area contributed by atoms with Gasteiger partial charge in [-0.05, 0) is 19.8 Å². The highest BCUT2D eigenvalue weighted by Crippen LogP contribution is 2.12. The standard InChI is InChI=1S/C11H16ClN5/c1-9-15-16-11-10(14-7-8-17(9)11)13-6-4-2-3-5-12/h7-8H,2-6H2,1H3,(H,13,14). The smallest absolute Gasteiger partial charge is 0.203 e. The molecule has 0 spiro atoms. The molecule has 5 nitrogen and oxygen atoms in total. The predicted molar refractivity (Wildman–Crippen MR) is 68.6 cm³/mol. The number of halogens is 1. The average molecular weight is 254 g/mol. The molecule has 2 rings (SSSR count). The number of hydrogen-bond acceptors (Lipinski definition) is 4. The van der Waals surface area contributed by atoms with Gasteiger partial charge in [-0.3, -0.25) is 4.40 Å². The minimum Gasteiger partial charge on any atom is -0.367 e. The van der Waals surface area contributed by atoms with Crippen LogP contribution in [0, 0.1) is 6.92 Å². The number of alkyl halides is 1. The Bertz CT molecular complexity index is 482. The van der Waals surface area contributed by atoms with E-state index in [1.54, 1.807) is 6.20 Å². The minimum atomic E-state index is 0.733. The lowest BCUT2D eigenvalue weighted by Gasteiger charge is -2.05. The van der Waals surface area contributed by atoms with Crippen LogP contribution in [0.3, 0.4) is 0 Å². The molecule has 0 aliphatic rings. The van der Waals surface area contributed by atoms with Gasteiger partial charge in [0.15, 0.2) is 5.82 Å². The van der Waals surface area contributed by atoms with Crippen molar-refractivity contribution in [2.24, 2.45) is 0 Å². The van der Waals surface area contributed by atoms with Crippen LogP contribution in [-0.4, -0.2) is 32.0 Å². The third-order valence-corrected chi connectivity index (χ3v) is 2.87. The maximum absolute atomic E-state index is 5.62. The number of anilines is 1. The predicted octanol–water partition coefficient (Wildman–Crippen LogP) is 2.25. The van der Waals surface area contributed by atoms with Crippen LogP contribution in [0.1, 0.15) is 25.1 Å². The quantitative estimate of drug-likeness (QED) is 0.634.